The van der Waals surface area contributed by atoms with Gasteiger partial charge in [0.2, 0.25) is 0 Å². The molecule has 4 heteroatoms. The lowest BCUT2D eigenvalue weighted by Crippen LogP contribution is -2.43. The third-order valence-electron chi connectivity index (χ3n) is 3.74. The summed E-state index contributed by atoms with van der Waals surface area (Å²) in [5, 5.41) is 3.44. The molecule has 0 aliphatic carbocycles. The Hall–Kier alpha value is -0.580. The molecule has 1 aromatic carbocycles. The SMILES string of the molecule is CCNC(C)c1cc(Br)ccc1OCC(C)(C)N(C)C. The first-order valence-electron chi connectivity index (χ1n) is 7.11. The summed E-state index contributed by atoms with van der Waals surface area (Å²) in [7, 11) is 4.15. The molecule has 0 bridgehead atoms. The van der Waals surface area contributed by atoms with Gasteiger partial charge in [-0.15, -0.1) is 0 Å². The molecule has 20 heavy (non-hydrogen) atoms. The largest absolute Gasteiger partial charge is 0.491 e. The van der Waals surface area contributed by atoms with E-state index < -0.39 is 0 Å². The third-order valence-corrected chi connectivity index (χ3v) is 4.23. The predicted octanol–water partition coefficient (Wildman–Crippen LogP) is 3.84. The molecule has 0 heterocycles. The Morgan fingerprint density at radius 1 is 1.35 bits per heavy atom. The highest BCUT2D eigenvalue weighted by Crippen LogP contribution is 2.29. The standard InChI is InChI=1S/C16H27BrN2O/c1-7-18-12(2)14-10-13(17)8-9-15(14)20-11-16(3,4)19(5)6/h8-10,12,18H,7,11H2,1-6H3. The van der Waals surface area contributed by atoms with E-state index in [9.17, 15) is 0 Å². The topological polar surface area (TPSA) is 24.5 Å². The van der Waals surface area contributed by atoms with E-state index in [0.29, 0.717) is 6.61 Å². The number of hydrogen-bond donors (Lipinski definition) is 1. The van der Waals surface area contributed by atoms with Gasteiger partial charge in [-0.25, -0.2) is 0 Å². The van der Waals surface area contributed by atoms with Crippen LogP contribution in [-0.2, 0) is 0 Å². The Labute approximate surface area is 131 Å². The third kappa shape index (κ3) is 4.76. The van der Waals surface area contributed by atoms with Gasteiger partial charge in [-0.05, 0) is 59.6 Å². The van der Waals surface area contributed by atoms with Gasteiger partial charge >= 0.3 is 0 Å². The number of ether oxygens (including phenoxy) is 1. The fourth-order valence-corrected chi connectivity index (χ4v) is 2.17. The van der Waals surface area contributed by atoms with Gasteiger partial charge in [0, 0.05) is 21.6 Å². The average molecular weight is 343 g/mol. The highest BCUT2D eigenvalue weighted by molar-refractivity contribution is 9.10. The van der Waals surface area contributed by atoms with Crippen LogP contribution in [0.5, 0.6) is 5.75 Å². The van der Waals surface area contributed by atoms with Crippen molar-refractivity contribution in [3.05, 3.63) is 28.2 Å². The number of nitrogens with zero attached hydrogens (tertiary/aromatic N) is 1. The summed E-state index contributed by atoms with van der Waals surface area (Å²) in [5.41, 5.74) is 1.20. The minimum Gasteiger partial charge on any atom is -0.491 e. The smallest absolute Gasteiger partial charge is 0.124 e. The van der Waals surface area contributed by atoms with Crippen molar-refractivity contribution in [2.45, 2.75) is 39.3 Å². The van der Waals surface area contributed by atoms with E-state index in [2.05, 4.69) is 74.0 Å². The molecule has 0 saturated carbocycles. The molecule has 0 amide bonds. The molecular weight excluding hydrogens is 316 g/mol. The maximum atomic E-state index is 6.08. The zero-order valence-electron chi connectivity index (χ0n) is 13.5. The van der Waals surface area contributed by atoms with Crippen LogP contribution in [0.25, 0.3) is 0 Å². The molecule has 0 aliphatic heterocycles. The van der Waals surface area contributed by atoms with Crippen molar-refractivity contribution in [2.75, 3.05) is 27.2 Å². The Morgan fingerprint density at radius 3 is 2.55 bits per heavy atom. The number of likely N-dealkylation sites (N-methyl/N-ethyl adjacent to an activating group) is 1. The molecule has 0 fully saturated rings. The van der Waals surface area contributed by atoms with E-state index in [4.69, 9.17) is 4.74 Å². The van der Waals surface area contributed by atoms with Gasteiger partial charge < -0.3 is 15.0 Å². The van der Waals surface area contributed by atoms with E-state index in [1.807, 2.05) is 12.1 Å². The average Bonchev–Trinajstić information content (AvgIpc) is 2.37. The van der Waals surface area contributed by atoms with Crippen LogP contribution >= 0.6 is 15.9 Å². The van der Waals surface area contributed by atoms with Crippen LogP contribution in [0.3, 0.4) is 0 Å². The second-order valence-corrected chi connectivity index (χ2v) is 6.87. The van der Waals surface area contributed by atoms with E-state index in [1.54, 1.807) is 0 Å². The molecule has 1 rings (SSSR count). The van der Waals surface area contributed by atoms with E-state index >= 15 is 0 Å². The molecule has 0 radical (unpaired) electrons. The molecule has 1 unspecified atom stereocenters. The van der Waals surface area contributed by atoms with Crippen molar-refractivity contribution in [1.29, 1.82) is 0 Å². The zero-order chi connectivity index (χ0) is 15.3. The van der Waals surface area contributed by atoms with Crippen molar-refractivity contribution < 1.29 is 4.74 Å². The second-order valence-electron chi connectivity index (χ2n) is 5.96. The molecule has 1 atom stereocenters. The summed E-state index contributed by atoms with van der Waals surface area (Å²) >= 11 is 3.54. The fraction of sp³-hybridized carbons (Fsp3) is 0.625. The minimum atomic E-state index is 0.00572. The number of rotatable bonds is 7. The van der Waals surface area contributed by atoms with E-state index in [1.165, 1.54) is 5.56 Å². The molecule has 3 nitrogen and oxygen atoms in total. The Kier molecular flexibility index (Phi) is 6.49. The maximum Gasteiger partial charge on any atom is 0.124 e. The maximum absolute atomic E-state index is 6.08. The number of nitrogens with one attached hydrogen (secondary N) is 1. The van der Waals surface area contributed by atoms with Crippen molar-refractivity contribution in [1.82, 2.24) is 10.2 Å². The number of benzene rings is 1. The normalized spacial score (nSPS) is 13.6. The molecule has 0 saturated heterocycles. The molecule has 0 aromatic heterocycles. The van der Waals surface area contributed by atoms with Crippen molar-refractivity contribution in [2.24, 2.45) is 0 Å². The van der Waals surface area contributed by atoms with Gasteiger partial charge in [0.1, 0.15) is 12.4 Å². The van der Waals surface area contributed by atoms with Gasteiger partial charge in [0.15, 0.2) is 0 Å². The first-order chi connectivity index (χ1) is 9.27. The van der Waals surface area contributed by atoms with Gasteiger partial charge in [0.25, 0.3) is 0 Å². The molecule has 0 aliphatic rings. The van der Waals surface area contributed by atoms with Crippen LogP contribution < -0.4 is 10.1 Å². The summed E-state index contributed by atoms with van der Waals surface area (Å²) in [4.78, 5) is 2.18. The molecular formula is C16H27BrN2O. The van der Waals surface area contributed by atoms with Gasteiger partial charge in [-0.1, -0.05) is 22.9 Å². The minimum absolute atomic E-state index is 0.00572. The van der Waals surface area contributed by atoms with Crippen LogP contribution in [0, 0.1) is 0 Å². The highest BCUT2D eigenvalue weighted by Gasteiger charge is 2.22. The highest BCUT2D eigenvalue weighted by atomic mass is 79.9. The Bertz CT molecular complexity index is 432. The van der Waals surface area contributed by atoms with E-state index in [0.717, 1.165) is 16.8 Å². The fourth-order valence-electron chi connectivity index (χ4n) is 1.79. The molecule has 1 aromatic rings. The van der Waals surface area contributed by atoms with Crippen molar-refractivity contribution in [3.63, 3.8) is 0 Å². The van der Waals surface area contributed by atoms with Gasteiger partial charge in [-0.3, -0.25) is 0 Å². The zero-order valence-corrected chi connectivity index (χ0v) is 15.0. The Morgan fingerprint density at radius 2 is 2.00 bits per heavy atom. The summed E-state index contributed by atoms with van der Waals surface area (Å²) < 4.78 is 7.16. The summed E-state index contributed by atoms with van der Waals surface area (Å²) in [6.07, 6.45) is 0. The summed E-state index contributed by atoms with van der Waals surface area (Å²) in [6.45, 7) is 10.2. The second kappa shape index (κ2) is 7.43. The van der Waals surface area contributed by atoms with Crippen LogP contribution in [0.4, 0.5) is 0 Å². The van der Waals surface area contributed by atoms with Crippen molar-refractivity contribution >= 4 is 15.9 Å². The van der Waals surface area contributed by atoms with Crippen LogP contribution in [0.1, 0.15) is 39.3 Å². The predicted molar refractivity (Wildman–Crippen MR) is 89.5 cm³/mol. The first kappa shape index (κ1) is 17.5. The molecule has 1 N–H and O–H groups in total. The summed E-state index contributed by atoms with van der Waals surface area (Å²) in [6, 6.07) is 6.47. The van der Waals surface area contributed by atoms with E-state index in [-0.39, 0.29) is 11.6 Å². The lowest BCUT2D eigenvalue weighted by atomic mass is 10.1. The van der Waals surface area contributed by atoms with Crippen LogP contribution in [0.15, 0.2) is 22.7 Å². The number of hydrogen-bond acceptors (Lipinski definition) is 3. The van der Waals surface area contributed by atoms with Gasteiger partial charge in [0.05, 0.1) is 0 Å². The van der Waals surface area contributed by atoms with Gasteiger partial charge in [-0.2, -0.15) is 0 Å². The lowest BCUT2D eigenvalue weighted by Gasteiger charge is -2.32. The van der Waals surface area contributed by atoms with Crippen LogP contribution in [0.2, 0.25) is 0 Å². The monoisotopic (exact) mass is 342 g/mol. The lowest BCUT2D eigenvalue weighted by molar-refractivity contribution is 0.113. The number of halogens is 1. The Balaban J connectivity index is 2.89. The van der Waals surface area contributed by atoms with Crippen LogP contribution in [-0.4, -0.2) is 37.7 Å². The first-order valence-corrected chi connectivity index (χ1v) is 7.90. The summed E-state index contributed by atoms with van der Waals surface area (Å²) in [5.74, 6) is 0.955. The van der Waals surface area contributed by atoms with Crippen molar-refractivity contribution in [3.8, 4) is 5.75 Å². The molecule has 0 spiro atoms. The molecule has 114 valence electrons. The quantitative estimate of drug-likeness (QED) is 0.814.